The summed E-state index contributed by atoms with van der Waals surface area (Å²) in [6.07, 6.45) is 4.61. The monoisotopic (exact) mass is 303 g/mol. The minimum absolute atomic E-state index is 0.00233. The van der Waals surface area contributed by atoms with Gasteiger partial charge in [-0.05, 0) is 45.5 Å². The third-order valence-corrected chi connectivity index (χ3v) is 5.68. The molecule has 1 aromatic rings. The molecule has 1 fully saturated rings. The van der Waals surface area contributed by atoms with Crippen LogP contribution in [0.2, 0.25) is 5.15 Å². The molecule has 0 amide bonds. The van der Waals surface area contributed by atoms with Gasteiger partial charge in [-0.15, -0.1) is 0 Å². The zero-order valence-corrected chi connectivity index (χ0v) is 12.6. The Bertz CT molecular complexity index is 556. The minimum atomic E-state index is -3.60. The Morgan fingerprint density at radius 2 is 2.16 bits per heavy atom. The Morgan fingerprint density at radius 3 is 2.63 bits per heavy atom. The Labute approximate surface area is 119 Å². The first-order valence-corrected chi connectivity index (χ1v) is 8.01. The highest BCUT2D eigenvalue weighted by Crippen LogP contribution is 2.35. The van der Waals surface area contributed by atoms with Crippen molar-refractivity contribution in [3.63, 3.8) is 0 Å². The molecular formula is C12H18ClN3O2S. The van der Waals surface area contributed by atoms with E-state index in [0.29, 0.717) is 6.54 Å². The molecule has 5 nitrogen and oxygen atoms in total. The number of aromatic nitrogens is 1. The predicted molar refractivity (Wildman–Crippen MR) is 74.7 cm³/mol. The molecule has 0 bridgehead atoms. The maximum atomic E-state index is 12.2. The average molecular weight is 304 g/mol. The Balaban J connectivity index is 2.13. The molecule has 0 radical (unpaired) electrons. The second kappa shape index (κ2) is 5.36. The van der Waals surface area contributed by atoms with Crippen molar-refractivity contribution in [2.45, 2.75) is 29.7 Å². The lowest BCUT2D eigenvalue weighted by Gasteiger charge is -2.47. The molecular weight excluding hydrogens is 286 g/mol. The van der Waals surface area contributed by atoms with Crippen molar-refractivity contribution in [3.05, 3.63) is 23.5 Å². The molecule has 1 aliphatic carbocycles. The van der Waals surface area contributed by atoms with E-state index < -0.39 is 10.0 Å². The van der Waals surface area contributed by atoms with Crippen molar-refractivity contribution in [1.82, 2.24) is 14.6 Å². The Hall–Kier alpha value is -0.690. The van der Waals surface area contributed by atoms with Crippen molar-refractivity contribution >= 4 is 21.6 Å². The summed E-state index contributed by atoms with van der Waals surface area (Å²) in [5, 5.41) is 0.00233. The zero-order chi connectivity index (χ0) is 14.1. The molecule has 0 unspecified atom stereocenters. The van der Waals surface area contributed by atoms with Crippen LogP contribution in [0.5, 0.6) is 0 Å². The Kier molecular flexibility index (Phi) is 4.15. The van der Waals surface area contributed by atoms with E-state index in [1.165, 1.54) is 12.3 Å². The average Bonchev–Trinajstić information content (AvgIpc) is 2.27. The number of nitrogens with zero attached hydrogens (tertiary/aromatic N) is 2. The highest BCUT2D eigenvalue weighted by atomic mass is 35.5. The fraction of sp³-hybridized carbons (Fsp3) is 0.583. The summed E-state index contributed by atoms with van der Waals surface area (Å²) < 4.78 is 27.1. The van der Waals surface area contributed by atoms with E-state index in [2.05, 4.69) is 14.6 Å². The van der Waals surface area contributed by atoms with Crippen LogP contribution in [0, 0.1) is 0 Å². The smallest absolute Gasteiger partial charge is 0.243 e. The van der Waals surface area contributed by atoms with Crippen molar-refractivity contribution in [1.29, 1.82) is 0 Å². The zero-order valence-electron chi connectivity index (χ0n) is 11.1. The summed E-state index contributed by atoms with van der Waals surface area (Å²) in [6, 6.07) is 3.02. The van der Waals surface area contributed by atoms with Gasteiger partial charge in [0.05, 0.1) is 0 Å². The molecule has 19 heavy (non-hydrogen) atoms. The van der Waals surface area contributed by atoms with Crippen LogP contribution in [0.4, 0.5) is 0 Å². The maximum Gasteiger partial charge on any atom is 0.243 e. The molecule has 0 aromatic carbocycles. The topological polar surface area (TPSA) is 62.3 Å². The van der Waals surface area contributed by atoms with Crippen molar-refractivity contribution in [2.75, 3.05) is 20.6 Å². The molecule has 7 heteroatoms. The first-order chi connectivity index (χ1) is 8.87. The summed E-state index contributed by atoms with van der Waals surface area (Å²) in [5.41, 5.74) is -0.0677. The summed E-state index contributed by atoms with van der Waals surface area (Å²) in [7, 11) is 0.348. The maximum absolute atomic E-state index is 12.2. The SMILES string of the molecule is CN(C)C1(CNS(=O)(=O)c2cccnc2Cl)CCC1. The normalized spacial score (nSPS) is 18.3. The van der Waals surface area contributed by atoms with E-state index in [4.69, 9.17) is 11.6 Å². The van der Waals surface area contributed by atoms with Gasteiger partial charge in [-0.1, -0.05) is 11.6 Å². The van der Waals surface area contributed by atoms with Gasteiger partial charge >= 0.3 is 0 Å². The largest absolute Gasteiger partial charge is 0.302 e. The van der Waals surface area contributed by atoms with Gasteiger partial charge in [-0.3, -0.25) is 0 Å². The molecule has 1 N–H and O–H groups in total. The van der Waals surface area contributed by atoms with E-state index in [0.717, 1.165) is 19.3 Å². The van der Waals surface area contributed by atoms with Gasteiger partial charge in [0.2, 0.25) is 10.0 Å². The van der Waals surface area contributed by atoms with Gasteiger partial charge in [0, 0.05) is 18.3 Å². The van der Waals surface area contributed by atoms with E-state index in [1.54, 1.807) is 6.07 Å². The van der Waals surface area contributed by atoms with Gasteiger partial charge < -0.3 is 4.90 Å². The first-order valence-electron chi connectivity index (χ1n) is 6.15. The molecule has 0 spiro atoms. The van der Waals surface area contributed by atoms with Crippen LogP contribution in [-0.4, -0.2) is 44.5 Å². The van der Waals surface area contributed by atoms with Crippen LogP contribution in [0.1, 0.15) is 19.3 Å². The fourth-order valence-corrected chi connectivity index (χ4v) is 3.82. The van der Waals surface area contributed by atoms with Crippen LogP contribution in [0.3, 0.4) is 0 Å². The van der Waals surface area contributed by atoms with Gasteiger partial charge in [0.25, 0.3) is 0 Å². The molecule has 1 heterocycles. The van der Waals surface area contributed by atoms with Gasteiger partial charge in [0.15, 0.2) is 0 Å². The number of hydrogen-bond donors (Lipinski definition) is 1. The number of nitrogens with one attached hydrogen (secondary N) is 1. The molecule has 106 valence electrons. The minimum Gasteiger partial charge on any atom is -0.302 e. The molecule has 0 atom stereocenters. The van der Waals surface area contributed by atoms with Crippen LogP contribution >= 0.6 is 11.6 Å². The lowest BCUT2D eigenvalue weighted by Crippen LogP contribution is -2.57. The number of halogens is 1. The van der Waals surface area contributed by atoms with Crippen LogP contribution < -0.4 is 4.72 Å². The Morgan fingerprint density at radius 1 is 1.47 bits per heavy atom. The van der Waals surface area contributed by atoms with Crippen molar-refractivity contribution in [2.24, 2.45) is 0 Å². The third kappa shape index (κ3) is 2.91. The van der Waals surface area contributed by atoms with E-state index in [9.17, 15) is 8.42 Å². The number of rotatable bonds is 5. The van der Waals surface area contributed by atoms with Crippen LogP contribution in [0.15, 0.2) is 23.2 Å². The molecule has 1 aliphatic rings. The first kappa shape index (κ1) is 14.7. The number of likely N-dealkylation sites (N-methyl/N-ethyl adjacent to an activating group) is 1. The third-order valence-electron chi connectivity index (χ3n) is 3.84. The quantitative estimate of drug-likeness (QED) is 0.837. The molecule has 1 saturated carbocycles. The number of sulfonamides is 1. The lowest BCUT2D eigenvalue weighted by atomic mass is 9.76. The lowest BCUT2D eigenvalue weighted by molar-refractivity contribution is 0.0657. The van der Waals surface area contributed by atoms with Crippen LogP contribution in [-0.2, 0) is 10.0 Å². The second-order valence-electron chi connectivity index (χ2n) is 5.09. The summed E-state index contributed by atoms with van der Waals surface area (Å²) in [5.74, 6) is 0. The predicted octanol–water partition coefficient (Wildman–Crippen LogP) is 1.50. The van der Waals surface area contributed by atoms with Crippen molar-refractivity contribution in [3.8, 4) is 0 Å². The molecule has 0 saturated heterocycles. The molecule has 1 aromatic heterocycles. The standard InChI is InChI=1S/C12H18ClN3O2S/c1-16(2)12(6-4-7-12)9-15-19(17,18)10-5-3-8-14-11(10)13/h3,5,8,15H,4,6-7,9H2,1-2H3. The summed E-state index contributed by atoms with van der Waals surface area (Å²) >= 11 is 5.83. The van der Waals surface area contributed by atoms with Crippen LogP contribution in [0.25, 0.3) is 0 Å². The van der Waals surface area contributed by atoms with Crippen molar-refractivity contribution < 1.29 is 8.42 Å². The molecule has 0 aliphatic heterocycles. The van der Waals surface area contributed by atoms with Gasteiger partial charge in [0.1, 0.15) is 10.0 Å². The molecule has 2 rings (SSSR count). The number of hydrogen-bond acceptors (Lipinski definition) is 4. The van der Waals surface area contributed by atoms with E-state index in [-0.39, 0.29) is 15.6 Å². The van der Waals surface area contributed by atoms with E-state index >= 15 is 0 Å². The summed E-state index contributed by atoms with van der Waals surface area (Å²) in [4.78, 5) is 5.91. The highest BCUT2D eigenvalue weighted by molar-refractivity contribution is 7.89. The van der Waals surface area contributed by atoms with Gasteiger partial charge in [-0.2, -0.15) is 0 Å². The summed E-state index contributed by atoms with van der Waals surface area (Å²) in [6.45, 7) is 0.396. The highest BCUT2D eigenvalue weighted by Gasteiger charge is 2.40. The number of pyridine rings is 1. The fourth-order valence-electron chi connectivity index (χ4n) is 2.25. The van der Waals surface area contributed by atoms with Gasteiger partial charge in [-0.25, -0.2) is 18.1 Å². The second-order valence-corrected chi connectivity index (χ2v) is 7.18. The van der Waals surface area contributed by atoms with E-state index in [1.807, 2.05) is 14.1 Å².